The summed E-state index contributed by atoms with van der Waals surface area (Å²) in [6, 6.07) is 6.90. The van der Waals surface area contributed by atoms with E-state index in [2.05, 4.69) is 4.52 Å². The Kier molecular flexibility index (Phi) is 5.32. The maximum Gasteiger partial charge on any atom is 0.540 e. The highest BCUT2D eigenvalue weighted by Crippen LogP contribution is 2.36. The molecule has 0 aliphatic carbocycles. The molecule has 0 bridgehead atoms. The van der Waals surface area contributed by atoms with E-state index < -0.39 is 19.8 Å². The van der Waals surface area contributed by atoms with Crippen LogP contribution in [0.2, 0.25) is 5.02 Å². The van der Waals surface area contributed by atoms with E-state index in [1.165, 1.54) is 7.11 Å². The third-order valence-electron chi connectivity index (χ3n) is 2.31. The topological polar surface area (TPSA) is 72.5 Å². The van der Waals surface area contributed by atoms with Crippen molar-refractivity contribution in [1.82, 2.24) is 0 Å². The van der Waals surface area contributed by atoms with E-state index in [4.69, 9.17) is 17.3 Å². The maximum atomic E-state index is 11.3. The van der Waals surface area contributed by atoms with Crippen LogP contribution in [0.5, 0.6) is 0 Å². The lowest BCUT2D eigenvalue weighted by molar-refractivity contribution is 0.202. The molecule has 1 aromatic carbocycles. The van der Waals surface area contributed by atoms with Crippen molar-refractivity contribution in [3.05, 3.63) is 34.9 Å². The molecule has 0 aliphatic rings. The monoisotopic (exact) mass is 262 g/mol. The van der Waals surface area contributed by atoms with E-state index in [-0.39, 0.29) is 6.54 Å². The van der Waals surface area contributed by atoms with Crippen LogP contribution in [0, 0.1) is 0 Å². The van der Waals surface area contributed by atoms with Gasteiger partial charge in [0.25, 0.3) is 5.85 Å². The van der Waals surface area contributed by atoms with Crippen LogP contribution < -0.4 is 5.73 Å². The van der Waals surface area contributed by atoms with Crippen molar-refractivity contribution >= 4 is 19.6 Å². The van der Waals surface area contributed by atoms with Gasteiger partial charge in [-0.15, -0.1) is 4.52 Å². The Labute approximate surface area is 100 Å². The molecule has 0 saturated heterocycles. The summed E-state index contributed by atoms with van der Waals surface area (Å²) < 4.78 is 16.0. The van der Waals surface area contributed by atoms with Crippen LogP contribution in [0.25, 0.3) is 0 Å². The molecule has 6 heteroatoms. The van der Waals surface area contributed by atoms with E-state index in [9.17, 15) is 9.67 Å². The minimum atomic E-state index is -2.12. The van der Waals surface area contributed by atoms with Crippen LogP contribution in [-0.4, -0.2) is 24.6 Å². The average Bonchev–Trinajstić information content (AvgIpc) is 2.31. The second-order valence-electron chi connectivity index (χ2n) is 3.28. The minimum Gasteiger partial charge on any atom is -0.348 e. The summed E-state index contributed by atoms with van der Waals surface area (Å²) in [6.07, 6.45) is 0. The molecule has 3 N–H and O–H groups in total. The SMILES string of the molecule is CO[P+](=O)C(O)C(CN)c1ccc(Cl)cc1. The molecule has 0 spiro atoms. The van der Waals surface area contributed by atoms with Crippen molar-refractivity contribution < 1.29 is 14.2 Å². The molecule has 0 aliphatic heterocycles. The van der Waals surface area contributed by atoms with E-state index in [1.54, 1.807) is 24.3 Å². The van der Waals surface area contributed by atoms with Gasteiger partial charge in [0.15, 0.2) is 0 Å². The van der Waals surface area contributed by atoms with Crippen LogP contribution in [0.1, 0.15) is 11.5 Å². The third kappa shape index (κ3) is 3.24. The first-order valence-corrected chi connectivity index (χ1v) is 6.36. The Morgan fingerprint density at radius 3 is 2.50 bits per heavy atom. The van der Waals surface area contributed by atoms with E-state index in [1.807, 2.05) is 0 Å². The molecule has 88 valence electrons. The van der Waals surface area contributed by atoms with Crippen molar-refractivity contribution in [3.8, 4) is 0 Å². The second kappa shape index (κ2) is 6.28. The summed E-state index contributed by atoms with van der Waals surface area (Å²) in [6.45, 7) is 0.188. The van der Waals surface area contributed by atoms with E-state index in [0.29, 0.717) is 5.02 Å². The quantitative estimate of drug-likeness (QED) is 0.797. The van der Waals surface area contributed by atoms with Gasteiger partial charge in [0.05, 0.1) is 13.0 Å². The summed E-state index contributed by atoms with van der Waals surface area (Å²) in [5, 5.41) is 10.4. The molecular formula is C10H14ClNO3P+. The van der Waals surface area contributed by atoms with E-state index >= 15 is 0 Å². The zero-order valence-electron chi connectivity index (χ0n) is 8.84. The van der Waals surface area contributed by atoms with Gasteiger partial charge in [-0.05, 0) is 22.3 Å². The largest absolute Gasteiger partial charge is 0.540 e. The Balaban J connectivity index is 2.89. The molecule has 3 atom stereocenters. The maximum absolute atomic E-state index is 11.3. The molecule has 0 fully saturated rings. The lowest BCUT2D eigenvalue weighted by Gasteiger charge is -2.13. The number of hydrogen-bond acceptors (Lipinski definition) is 4. The number of halogens is 1. The average molecular weight is 263 g/mol. The first-order valence-electron chi connectivity index (χ1n) is 4.74. The molecular weight excluding hydrogens is 249 g/mol. The van der Waals surface area contributed by atoms with Gasteiger partial charge in [-0.1, -0.05) is 23.7 Å². The summed E-state index contributed by atoms with van der Waals surface area (Å²) >= 11 is 5.75. The summed E-state index contributed by atoms with van der Waals surface area (Å²) in [5.74, 6) is -1.52. The van der Waals surface area contributed by atoms with Crippen molar-refractivity contribution in [3.63, 3.8) is 0 Å². The number of rotatable bonds is 5. The van der Waals surface area contributed by atoms with Crippen LogP contribution in [-0.2, 0) is 9.09 Å². The lowest BCUT2D eigenvalue weighted by Crippen LogP contribution is -2.23. The number of aliphatic hydroxyl groups excluding tert-OH is 1. The molecule has 1 aromatic rings. The molecule has 0 amide bonds. The molecule has 4 nitrogen and oxygen atoms in total. The van der Waals surface area contributed by atoms with Gasteiger partial charge in [-0.3, -0.25) is 0 Å². The molecule has 0 heterocycles. The van der Waals surface area contributed by atoms with Crippen molar-refractivity contribution in [1.29, 1.82) is 0 Å². The van der Waals surface area contributed by atoms with Gasteiger partial charge in [0.2, 0.25) is 0 Å². The number of benzene rings is 1. The first kappa shape index (κ1) is 13.6. The van der Waals surface area contributed by atoms with Crippen molar-refractivity contribution in [2.45, 2.75) is 11.8 Å². The number of aliphatic hydroxyl groups is 1. The number of nitrogens with two attached hydrogens (primary N) is 1. The van der Waals surface area contributed by atoms with Crippen LogP contribution in [0.3, 0.4) is 0 Å². The van der Waals surface area contributed by atoms with Gasteiger partial charge in [-0.25, -0.2) is 0 Å². The van der Waals surface area contributed by atoms with Crippen molar-refractivity contribution in [2.24, 2.45) is 5.73 Å². The lowest BCUT2D eigenvalue weighted by atomic mass is 10.0. The third-order valence-corrected chi connectivity index (χ3v) is 3.71. The molecule has 1 rings (SSSR count). The first-order chi connectivity index (χ1) is 7.60. The number of hydrogen-bond donors (Lipinski definition) is 2. The van der Waals surface area contributed by atoms with Crippen LogP contribution >= 0.6 is 19.6 Å². The smallest absolute Gasteiger partial charge is 0.348 e. The predicted molar refractivity (Wildman–Crippen MR) is 63.9 cm³/mol. The highest BCUT2D eigenvalue weighted by atomic mass is 35.5. The zero-order chi connectivity index (χ0) is 12.1. The minimum absolute atomic E-state index is 0.188. The fourth-order valence-corrected chi connectivity index (χ4v) is 2.32. The highest BCUT2D eigenvalue weighted by Gasteiger charge is 2.37. The molecule has 0 radical (unpaired) electrons. The summed E-state index contributed by atoms with van der Waals surface area (Å²) in [7, 11) is -0.834. The predicted octanol–water partition coefficient (Wildman–Crippen LogP) is 2.09. The molecule has 0 aromatic heterocycles. The summed E-state index contributed by atoms with van der Waals surface area (Å²) in [4.78, 5) is 0. The van der Waals surface area contributed by atoms with E-state index in [0.717, 1.165) is 5.56 Å². The Morgan fingerprint density at radius 1 is 1.50 bits per heavy atom. The van der Waals surface area contributed by atoms with Gasteiger partial charge in [0, 0.05) is 11.6 Å². The molecule has 3 unspecified atom stereocenters. The highest BCUT2D eigenvalue weighted by molar-refractivity contribution is 7.39. The van der Waals surface area contributed by atoms with Gasteiger partial charge in [0.1, 0.15) is 0 Å². The second-order valence-corrected chi connectivity index (χ2v) is 5.18. The Morgan fingerprint density at radius 2 is 2.06 bits per heavy atom. The fourth-order valence-electron chi connectivity index (χ4n) is 1.39. The zero-order valence-corrected chi connectivity index (χ0v) is 10.5. The standard InChI is InChI=1S/C10H14ClNO3P/c1-15-16(14)10(13)9(6-12)7-2-4-8(11)5-3-7/h2-5,9-10,13H,6,12H2,1H3/q+1. The fraction of sp³-hybridized carbons (Fsp3) is 0.400. The van der Waals surface area contributed by atoms with Gasteiger partial charge >= 0.3 is 8.03 Å². The van der Waals surface area contributed by atoms with Crippen LogP contribution in [0.15, 0.2) is 24.3 Å². The van der Waals surface area contributed by atoms with Gasteiger partial charge in [-0.2, -0.15) is 0 Å². The Hall–Kier alpha value is -0.510. The van der Waals surface area contributed by atoms with Gasteiger partial charge < -0.3 is 10.8 Å². The normalized spacial score (nSPS) is 15.6. The Bertz CT molecular complexity index is 358. The molecule has 0 saturated carbocycles. The van der Waals surface area contributed by atoms with Crippen molar-refractivity contribution in [2.75, 3.05) is 13.7 Å². The van der Waals surface area contributed by atoms with Crippen LogP contribution in [0.4, 0.5) is 0 Å². The molecule has 16 heavy (non-hydrogen) atoms. The summed E-state index contributed by atoms with van der Waals surface area (Å²) in [5.41, 5.74) is 6.35.